The minimum absolute atomic E-state index is 0.101. The van der Waals surface area contributed by atoms with Crippen LogP contribution in [0.3, 0.4) is 0 Å². The number of benzene rings is 2. The third-order valence-corrected chi connectivity index (χ3v) is 10.7. The maximum Gasteiger partial charge on any atom is 0.246 e. The Balaban J connectivity index is 1.31. The van der Waals surface area contributed by atoms with Crippen LogP contribution in [0.25, 0.3) is 16.5 Å². The molecule has 0 N–H and O–H groups in total. The van der Waals surface area contributed by atoms with Crippen LogP contribution in [0.2, 0.25) is 5.02 Å². The van der Waals surface area contributed by atoms with Crippen LogP contribution in [0, 0.1) is 28.6 Å². The Kier molecular flexibility index (Phi) is 8.34. The van der Waals surface area contributed by atoms with Crippen LogP contribution < -0.4 is 0 Å². The predicted octanol–water partition coefficient (Wildman–Crippen LogP) is 5.65. The Labute approximate surface area is 278 Å². The number of nitrogens with zero attached hydrogens (tertiary/aromatic N) is 7. The van der Waals surface area contributed by atoms with E-state index in [2.05, 4.69) is 28.6 Å². The highest BCUT2D eigenvalue weighted by Gasteiger charge is 2.47. The number of hydrogen-bond donors (Lipinski definition) is 0. The number of piperazine rings is 1. The minimum Gasteiger partial charge on any atom is -0.475 e. The molecule has 0 aromatic heterocycles. The zero-order valence-electron chi connectivity index (χ0n) is 26.0. The third kappa shape index (κ3) is 5.30. The van der Waals surface area contributed by atoms with E-state index in [0.717, 1.165) is 44.2 Å². The van der Waals surface area contributed by atoms with Gasteiger partial charge < -0.3 is 14.5 Å². The van der Waals surface area contributed by atoms with E-state index in [1.165, 1.54) is 6.08 Å². The summed E-state index contributed by atoms with van der Waals surface area (Å²) in [6, 6.07) is 14.2. The summed E-state index contributed by atoms with van der Waals surface area (Å²) < 4.78 is 23.5. The lowest BCUT2D eigenvalue weighted by Gasteiger charge is -2.45. The number of hydrogen-bond acceptors (Lipinski definition) is 8. The monoisotopic (exact) mass is 651 g/mol. The molecule has 2 unspecified atom stereocenters. The smallest absolute Gasteiger partial charge is 0.246 e. The third-order valence-electron chi connectivity index (χ3n) is 10.3. The highest BCUT2D eigenvalue weighted by atomic mass is 35.5. The maximum absolute atomic E-state index is 17.0. The molecule has 7 rings (SSSR count). The first kappa shape index (κ1) is 31.1. The molecule has 0 aliphatic carbocycles. The molecule has 5 aliphatic heterocycles. The molecule has 9 nitrogen and oxygen atoms in total. The average molecular weight is 652 g/mol. The van der Waals surface area contributed by atoms with Gasteiger partial charge in [0, 0.05) is 47.5 Å². The highest BCUT2D eigenvalue weighted by Crippen LogP contribution is 2.44. The van der Waals surface area contributed by atoms with Crippen molar-refractivity contribution < 1.29 is 13.9 Å². The molecule has 47 heavy (non-hydrogen) atoms. The van der Waals surface area contributed by atoms with Crippen molar-refractivity contribution in [2.45, 2.75) is 49.7 Å². The van der Waals surface area contributed by atoms with Crippen LogP contribution >= 0.6 is 11.6 Å². The van der Waals surface area contributed by atoms with Crippen molar-refractivity contribution in [3.05, 3.63) is 76.7 Å². The van der Waals surface area contributed by atoms with E-state index in [1.54, 1.807) is 23.2 Å². The van der Waals surface area contributed by atoms with E-state index in [-0.39, 0.29) is 41.6 Å². The first-order valence-corrected chi connectivity index (χ1v) is 16.5. The van der Waals surface area contributed by atoms with E-state index in [1.807, 2.05) is 29.2 Å². The van der Waals surface area contributed by atoms with Gasteiger partial charge in [-0.3, -0.25) is 14.7 Å². The fourth-order valence-corrected chi connectivity index (χ4v) is 8.40. The van der Waals surface area contributed by atoms with Crippen molar-refractivity contribution >= 4 is 46.1 Å². The van der Waals surface area contributed by atoms with Crippen molar-refractivity contribution in [3.8, 4) is 12.1 Å². The summed E-state index contributed by atoms with van der Waals surface area (Å²) in [4.78, 5) is 28.2. The lowest BCUT2D eigenvalue weighted by atomic mass is 9.85. The molecule has 0 saturated carbocycles. The molecule has 0 spiro atoms. The van der Waals surface area contributed by atoms with Gasteiger partial charge in [0.15, 0.2) is 5.83 Å². The molecular formula is C36H35ClFN7O2. The van der Waals surface area contributed by atoms with Crippen molar-refractivity contribution in [1.29, 1.82) is 10.5 Å². The van der Waals surface area contributed by atoms with Gasteiger partial charge in [0.05, 0.1) is 30.0 Å². The number of rotatable bonds is 6. The van der Waals surface area contributed by atoms with Gasteiger partial charge in [0.25, 0.3) is 0 Å². The molecule has 2 aromatic carbocycles. The topological polar surface area (TPSA) is 108 Å². The van der Waals surface area contributed by atoms with Crippen molar-refractivity contribution in [1.82, 2.24) is 14.7 Å². The summed E-state index contributed by atoms with van der Waals surface area (Å²) in [5.41, 5.74) is 1.39. The summed E-state index contributed by atoms with van der Waals surface area (Å²) in [5.74, 6) is -1.35. The second-order valence-electron chi connectivity index (χ2n) is 12.8. The zero-order valence-corrected chi connectivity index (χ0v) is 26.8. The fraction of sp³-hybridized carbons (Fsp3) is 0.417. The summed E-state index contributed by atoms with van der Waals surface area (Å²) in [5, 5.41) is 22.3. The summed E-state index contributed by atoms with van der Waals surface area (Å²) in [7, 11) is 0. The molecule has 3 saturated heterocycles. The zero-order chi connectivity index (χ0) is 32.7. The number of nitriles is 2. The van der Waals surface area contributed by atoms with Crippen LogP contribution in [0.5, 0.6) is 0 Å². The van der Waals surface area contributed by atoms with E-state index >= 15 is 4.39 Å². The van der Waals surface area contributed by atoms with Gasteiger partial charge in [0.2, 0.25) is 11.8 Å². The predicted molar refractivity (Wildman–Crippen MR) is 179 cm³/mol. The van der Waals surface area contributed by atoms with E-state index in [4.69, 9.17) is 21.3 Å². The quantitative estimate of drug-likeness (QED) is 0.374. The van der Waals surface area contributed by atoms with Gasteiger partial charge in [0.1, 0.15) is 30.0 Å². The first-order valence-electron chi connectivity index (χ1n) is 16.2. The normalized spacial score (nSPS) is 25.3. The number of carbonyl (C=O) groups is 1. The number of fused-ring (bicyclic) bond motifs is 3. The van der Waals surface area contributed by atoms with Gasteiger partial charge in [-0.1, -0.05) is 48.5 Å². The first-order chi connectivity index (χ1) is 22.9. The molecule has 5 heterocycles. The molecule has 0 bridgehead atoms. The molecule has 11 heteroatoms. The maximum atomic E-state index is 17.0. The fourth-order valence-electron chi connectivity index (χ4n) is 8.12. The number of amides is 1. The lowest BCUT2D eigenvalue weighted by Crippen LogP contribution is -2.56. The summed E-state index contributed by atoms with van der Waals surface area (Å²) in [6.07, 6.45) is 7.21. The largest absolute Gasteiger partial charge is 0.475 e. The Morgan fingerprint density at radius 3 is 2.64 bits per heavy atom. The van der Waals surface area contributed by atoms with Gasteiger partial charge in [-0.05, 0) is 56.3 Å². The number of aliphatic imine (C=N–C) groups is 2. The van der Waals surface area contributed by atoms with Crippen LogP contribution in [0.1, 0.15) is 37.7 Å². The van der Waals surface area contributed by atoms with Gasteiger partial charge in [-0.2, -0.15) is 10.5 Å². The van der Waals surface area contributed by atoms with Crippen LogP contribution in [-0.2, 0) is 9.53 Å². The number of ether oxygens (including phenoxy) is 1. The Morgan fingerprint density at radius 2 is 1.91 bits per heavy atom. The van der Waals surface area contributed by atoms with Crippen LogP contribution in [0.4, 0.5) is 4.39 Å². The van der Waals surface area contributed by atoms with Gasteiger partial charge >= 0.3 is 0 Å². The molecular weight excluding hydrogens is 617 g/mol. The lowest BCUT2D eigenvalue weighted by molar-refractivity contribution is -0.130. The van der Waals surface area contributed by atoms with Gasteiger partial charge in [-0.25, -0.2) is 9.38 Å². The Bertz CT molecular complexity index is 1840. The average Bonchev–Trinajstić information content (AvgIpc) is 3.67. The standard InChI is InChI=1S/C36H35ClFN7O2/c1-2-29(46)45-18-17-43(21-24(45)11-14-39)34-26(19-40)35(47-22-36-12-5-15-44(36)16-6-13-36)42-33-27(34)20-41-32(31(33)38)25-9-3-7-23-8-4-10-28(37)30(23)25/h2-4,7-10,20,24,27,33H,1,5-6,11-13,15-18,21-22H2/t24-,27?,33?/m0/s1. The molecule has 0 radical (unpaired) electrons. The van der Waals surface area contributed by atoms with E-state index in [9.17, 15) is 15.3 Å². The van der Waals surface area contributed by atoms with Crippen molar-refractivity contribution in [3.63, 3.8) is 0 Å². The second kappa shape index (κ2) is 12.6. The number of halogens is 2. The summed E-state index contributed by atoms with van der Waals surface area (Å²) in [6.45, 7) is 7.00. The Hall–Kier alpha value is -4.51. The molecule has 5 aliphatic rings. The SMILES string of the molecule is C=CC(=O)N1CCN(C2=C(C#N)C(OCC34CCCN3CCC4)=NC3C(F)=C(c4cccc5cccc(Cl)c45)N=CC23)C[C@@H]1CC#N. The molecule has 240 valence electrons. The molecule has 2 aromatic rings. The number of carbonyl (C=O) groups excluding carboxylic acids is 1. The molecule has 1 amide bonds. The van der Waals surface area contributed by atoms with Crippen LogP contribution in [0.15, 0.2) is 76.1 Å². The summed E-state index contributed by atoms with van der Waals surface area (Å²) >= 11 is 6.63. The van der Waals surface area contributed by atoms with Crippen LogP contribution in [-0.4, -0.2) is 89.7 Å². The Morgan fingerprint density at radius 1 is 1.15 bits per heavy atom. The highest BCUT2D eigenvalue weighted by molar-refractivity contribution is 6.36. The van der Waals surface area contributed by atoms with Crippen molar-refractivity contribution in [2.24, 2.45) is 15.9 Å². The number of dihydropyridines is 1. The van der Waals surface area contributed by atoms with E-state index in [0.29, 0.717) is 41.4 Å². The van der Waals surface area contributed by atoms with Gasteiger partial charge in [-0.15, -0.1) is 0 Å². The molecule has 3 fully saturated rings. The second-order valence-corrected chi connectivity index (χ2v) is 13.2. The van der Waals surface area contributed by atoms with E-state index < -0.39 is 23.8 Å². The molecule has 3 atom stereocenters. The minimum atomic E-state index is -1.02. The van der Waals surface area contributed by atoms with Crippen molar-refractivity contribution in [2.75, 3.05) is 39.3 Å².